The molecular formula is C22H28N4O4. The van der Waals surface area contributed by atoms with Crippen molar-refractivity contribution in [1.82, 2.24) is 9.88 Å². The number of fused-ring (bicyclic) bond motifs is 1. The summed E-state index contributed by atoms with van der Waals surface area (Å²) in [5, 5.41) is 6.06. The summed E-state index contributed by atoms with van der Waals surface area (Å²) in [6.45, 7) is 7.03. The minimum atomic E-state index is -0.670. The molecule has 1 aromatic carbocycles. The summed E-state index contributed by atoms with van der Waals surface area (Å²) >= 11 is 0. The standard InChI is InChI=1S/C22H28N4O4/c1-13(2)11-23-19-7-6-15-12-26(22(28)20(15)25-19)14(3)21(27)24-16-8-17(29-4)10-18(9-16)30-5/h6-10,13-14H,11-12H2,1-5H3,(H,23,25)(H,24,27)/t14-/m1/s1. The maximum absolute atomic E-state index is 12.9. The van der Waals surface area contributed by atoms with Gasteiger partial charge in [0.1, 0.15) is 29.1 Å². The Hall–Kier alpha value is -3.29. The second-order valence-electron chi connectivity index (χ2n) is 7.68. The van der Waals surface area contributed by atoms with E-state index in [-0.39, 0.29) is 11.8 Å². The number of carbonyl (C=O) groups excluding carboxylic acids is 2. The Labute approximate surface area is 176 Å². The van der Waals surface area contributed by atoms with Crippen LogP contribution in [-0.2, 0) is 11.3 Å². The van der Waals surface area contributed by atoms with Crippen molar-refractivity contribution in [2.75, 3.05) is 31.4 Å². The number of nitrogens with zero attached hydrogens (tertiary/aromatic N) is 2. The number of methoxy groups -OCH3 is 2. The highest BCUT2D eigenvalue weighted by Gasteiger charge is 2.35. The second kappa shape index (κ2) is 9.02. The average molecular weight is 412 g/mol. The Balaban J connectivity index is 1.71. The molecule has 8 heteroatoms. The fourth-order valence-corrected chi connectivity index (χ4v) is 3.18. The Morgan fingerprint density at radius 3 is 2.40 bits per heavy atom. The lowest BCUT2D eigenvalue weighted by Crippen LogP contribution is -2.42. The fraction of sp³-hybridized carbons (Fsp3) is 0.409. The van der Waals surface area contributed by atoms with Gasteiger partial charge in [-0.25, -0.2) is 4.98 Å². The van der Waals surface area contributed by atoms with E-state index in [2.05, 4.69) is 29.5 Å². The molecule has 2 heterocycles. The number of rotatable bonds is 8. The average Bonchev–Trinajstić information content (AvgIpc) is 3.07. The first-order chi connectivity index (χ1) is 14.3. The lowest BCUT2D eigenvalue weighted by atomic mass is 10.2. The summed E-state index contributed by atoms with van der Waals surface area (Å²) in [6.07, 6.45) is 0. The zero-order valence-corrected chi connectivity index (χ0v) is 18.0. The Morgan fingerprint density at radius 2 is 1.80 bits per heavy atom. The number of anilines is 2. The molecule has 0 radical (unpaired) electrons. The maximum atomic E-state index is 12.9. The molecular weight excluding hydrogens is 384 g/mol. The van der Waals surface area contributed by atoms with Crippen LogP contribution in [-0.4, -0.2) is 48.5 Å². The Bertz CT molecular complexity index is 922. The molecule has 2 amide bonds. The van der Waals surface area contributed by atoms with Gasteiger partial charge in [-0.05, 0) is 18.9 Å². The normalized spacial score (nSPS) is 13.8. The van der Waals surface area contributed by atoms with Gasteiger partial charge in [-0.15, -0.1) is 0 Å². The number of hydrogen-bond donors (Lipinski definition) is 2. The van der Waals surface area contributed by atoms with Crippen molar-refractivity contribution in [3.8, 4) is 11.5 Å². The van der Waals surface area contributed by atoms with Crippen molar-refractivity contribution in [3.05, 3.63) is 41.6 Å². The summed E-state index contributed by atoms with van der Waals surface area (Å²) in [7, 11) is 3.08. The number of hydrogen-bond acceptors (Lipinski definition) is 6. The molecule has 1 atom stereocenters. The van der Waals surface area contributed by atoms with Crippen molar-refractivity contribution in [3.63, 3.8) is 0 Å². The third-order valence-electron chi connectivity index (χ3n) is 4.94. The van der Waals surface area contributed by atoms with Gasteiger partial charge in [0, 0.05) is 42.5 Å². The summed E-state index contributed by atoms with van der Waals surface area (Å²) in [4.78, 5) is 31.7. The summed E-state index contributed by atoms with van der Waals surface area (Å²) in [5.41, 5.74) is 1.75. The molecule has 30 heavy (non-hydrogen) atoms. The predicted octanol–water partition coefficient (Wildman–Crippen LogP) is 3.15. The van der Waals surface area contributed by atoms with Crippen LogP contribution < -0.4 is 20.1 Å². The molecule has 0 saturated carbocycles. The highest BCUT2D eigenvalue weighted by molar-refractivity contribution is 6.02. The van der Waals surface area contributed by atoms with Gasteiger partial charge in [-0.3, -0.25) is 9.59 Å². The van der Waals surface area contributed by atoms with Gasteiger partial charge in [-0.2, -0.15) is 0 Å². The molecule has 3 rings (SSSR count). The van der Waals surface area contributed by atoms with E-state index in [1.807, 2.05) is 12.1 Å². The van der Waals surface area contributed by atoms with Crippen LogP contribution in [0, 0.1) is 5.92 Å². The SMILES string of the molecule is COc1cc(NC(=O)[C@@H](C)N2Cc3ccc(NCC(C)C)nc3C2=O)cc(OC)c1. The van der Waals surface area contributed by atoms with Gasteiger partial charge in [0.15, 0.2) is 0 Å². The third kappa shape index (κ3) is 4.64. The molecule has 0 bridgehead atoms. The smallest absolute Gasteiger partial charge is 0.273 e. The summed E-state index contributed by atoms with van der Waals surface area (Å²) in [5.74, 6) is 1.71. The van der Waals surface area contributed by atoms with Gasteiger partial charge in [0.25, 0.3) is 5.91 Å². The monoisotopic (exact) mass is 412 g/mol. The van der Waals surface area contributed by atoms with E-state index < -0.39 is 6.04 Å². The van der Waals surface area contributed by atoms with E-state index >= 15 is 0 Å². The van der Waals surface area contributed by atoms with Crippen LogP contribution in [0.15, 0.2) is 30.3 Å². The topological polar surface area (TPSA) is 92.8 Å². The quantitative estimate of drug-likeness (QED) is 0.692. The van der Waals surface area contributed by atoms with Crippen LogP contribution in [0.25, 0.3) is 0 Å². The van der Waals surface area contributed by atoms with Crippen molar-refractivity contribution in [1.29, 1.82) is 0 Å². The van der Waals surface area contributed by atoms with E-state index in [0.717, 1.165) is 12.1 Å². The predicted molar refractivity (Wildman–Crippen MR) is 115 cm³/mol. The summed E-state index contributed by atoms with van der Waals surface area (Å²) in [6, 6.07) is 8.20. The lowest BCUT2D eigenvalue weighted by molar-refractivity contribution is -0.120. The number of pyridine rings is 1. The second-order valence-corrected chi connectivity index (χ2v) is 7.68. The van der Waals surface area contributed by atoms with E-state index in [1.54, 1.807) is 39.3 Å². The highest BCUT2D eigenvalue weighted by Crippen LogP contribution is 2.28. The van der Waals surface area contributed by atoms with Crippen LogP contribution in [0.2, 0.25) is 0 Å². The van der Waals surface area contributed by atoms with E-state index in [9.17, 15) is 9.59 Å². The molecule has 0 saturated heterocycles. The molecule has 160 valence electrons. The van der Waals surface area contributed by atoms with Crippen molar-refractivity contribution >= 4 is 23.3 Å². The van der Waals surface area contributed by atoms with Gasteiger partial charge in [0.2, 0.25) is 5.91 Å². The number of nitrogens with one attached hydrogen (secondary N) is 2. The molecule has 1 aliphatic rings. The number of carbonyl (C=O) groups is 2. The van der Waals surface area contributed by atoms with Crippen LogP contribution in [0.5, 0.6) is 11.5 Å². The molecule has 2 aromatic rings. The van der Waals surface area contributed by atoms with Gasteiger partial charge in [0.05, 0.1) is 14.2 Å². The fourth-order valence-electron chi connectivity index (χ4n) is 3.18. The van der Waals surface area contributed by atoms with Crippen molar-refractivity contribution in [2.45, 2.75) is 33.4 Å². The first-order valence-electron chi connectivity index (χ1n) is 9.91. The zero-order chi connectivity index (χ0) is 21.8. The Kier molecular flexibility index (Phi) is 6.44. The van der Waals surface area contributed by atoms with Crippen molar-refractivity contribution < 1.29 is 19.1 Å². The van der Waals surface area contributed by atoms with Crippen molar-refractivity contribution in [2.24, 2.45) is 5.92 Å². The maximum Gasteiger partial charge on any atom is 0.273 e. The minimum absolute atomic E-state index is 0.246. The van der Waals surface area contributed by atoms with Gasteiger partial charge < -0.3 is 25.0 Å². The third-order valence-corrected chi connectivity index (χ3v) is 4.94. The van der Waals surface area contributed by atoms with E-state index in [4.69, 9.17) is 9.47 Å². The van der Waals surface area contributed by atoms with Crippen LogP contribution in [0.3, 0.4) is 0 Å². The first kappa shape index (κ1) is 21.4. The molecule has 0 fully saturated rings. The molecule has 8 nitrogen and oxygen atoms in total. The molecule has 2 N–H and O–H groups in total. The molecule has 1 aliphatic heterocycles. The van der Waals surface area contributed by atoms with Gasteiger partial charge >= 0.3 is 0 Å². The number of ether oxygens (including phenoxy) is 2. The molecule has 0 aliphatic carbocycles. The summed E-state index contributed by atoms with van der Waals surface area (Å²) < 4.78 is 10.5. The zero-order valence-electron chi connectivity index (χ0n) is 18.0. The van der Waals surface area contributed by atoms with Crippen LogP contribution in [0.4, 0.5) is 11.5 Å². The first-order valence-corrected chi connectivity index (χ1v) is 9.91. The largest absolute Gasteiger partial charge is 0.497 e. The van der Waals surface area contributed by atoms with Crippen LogP contribution >= 0.6 is 0 Å². The number of amides is 2. The van der Waals surface area contributed by atoms with E-state index in [0.29, 0.717) is 41.2 Å². The number of benzene rings is 1. The van der Waals surface area contributed by atoms with Crippen LogP contribution in [0.1, 0.15) is 36.8 Å². The highest BCUT2D eigenvalue weighted by atomic mass is 16.5. The van der Waals surface area contributed by atoms with Gasteiger partial charge in [-0.1, -0.05) is 19.9 Å². The molecule has 0 unspecified atom stereocenters. The lowest BCUT2D eigenvalue weighted by Gasteiger charge is -2.23. The molecule has 1 aromatic heterocycles. The minimum Gasteiger partial charge on any atom is -0.497 e. The number of aromatic nitrogens is 1. The van der Waals surface area contributed by atoms with E-state index in [1.165, 1.54) is 4.90 Å². The Morgan fingerprint density at radius 1 is 1.13 bits per heavy atom. The molecule has 0 spiro atoms.